The molecule has 0 aliphatic carbocycles. The minimum atomic E-state index is -0.842. The van der Waals surface area contributed by atoms with E-state index < -0.39 is 27.1 Å². The normalized spacial score (nSPS) is 10.5. The summed E-state index contributed by atoms with van der Waals surface area (Å²) in [5, 5.41) is 32.7. The van der Waals surface area contributed by atoms with Crippen LogP contribution in [0.4, 0.5) is 17.1 Å². The molecule has 0 atom stereocenters. The van der Waals surface area contributed by atoms with Gasteiger partial charge in [0.05, 0.1) is 15.9 Å². The number of carbonyl (C=O) groups is 1. The molecule has 11 nitrogen and oxygen atoms in total. The number of carbonyl (C=O) groups excluding carboxylic acids is 1. The van der Waals surface area contributed by atoms with Crippen LogP contribution >= 0.6 is 0 Å². The summed E-state index contributed by atoms with van der Waals surface area (Å²) in [6.07, 6.45) is 0. The predicted octanol–water partition coefficient (Wildman–Crippen LogP) is 4.47. The first kappa shape index (κ1) is 20.3. The fourth-order valence-corrected chi connectivity index (χ4v) is 2.91. The van der Waals surface area contributed by atoms with Crippen molar-refractivity contribution >= 4 is 23.0 Å². The molecule has 1 N–H and O–H groups in total. The van der Waals surface area contributed by atoms with Crippen molar-refractivity contribution in [3.05, 3.63) is 98.6 Å². The lowest BCUT2D eigenvalue weighted by atomic mass is 10.1. The molecule has 0 fully saturated rings. The minimum absolute atomic E-state index is 0.285. The number of nitrogens with zero attached hydrogens (tertiary/aromatic N) is 4. The molecule has 32 heavy (non-hydrogen) atoms. The van der Waals surface area contributed by atoms with Gasteiger partial charge >= 0.3 is 0 Å². The van der Waals surface area contributed by atoms with Crippen molar-refractivity contribution in [3.63, 3.8) is 0 Å². The molecule has 1 aromatic heterocycles. The number of aromatic nitrogens is 2. The van der Waals surface area contributed by atoms with E-state index in [4.69, 9.17) is 4.42 Å². The number of benzene rings is 3. The number of hydrogen-bond acceptors (Lipinski definition) is 8. The first-order valence-corrected chi connectivity index (χ1v) is 9.16. The van der Waals surface area contributed by atoms with Crippen LogP contribution in [0.15, 0.2) is 77.2 Å². The molecule has 1 heterocycles. The van der Waals surface area contributed by atoms with Crippen molar-refractivity contribution in [1.29, 1.82) is 0 Å². The molecule has 4 aromatic rings. The van der Waals surface area contributed by atoms with Gasteiger partial charge in [-0.1, -0.05) is 18.2 Å². The smallest absolute Gasteiger partial charge is 0.289 e. The van der Waals surface area contributed by atoms with Crippen LogP contribution in [0.25, 0.3) is 22.9 Å². The van der Waals surface area contributed by atoms with Crippen LogP contribution in [0.5, 0.6) is 0 Å². The Bertz CT molecular complexity index is 1320. The van der Waals surface area contributed by atoms with Gasteiger partial charge in [-0.2, -0.15) is 0 Å². The van der Waals surface area contributed by atoms with Gasteiger partial charge in [-0.05, 0) is 42.5 Å². The molecule has 0 bridgehead atoms. The first-order chi connectivity index (χ1) is 15.4. The summed E-state index contributed by atoms with van der Waals surface area (Å²) in [5.74, 6) is -0.125. The van der Waals surface area contributed by atoms with E-state index in [1.165, 1.54) is 0 Å². The van der Waals surface area contributed by atoms with Gasteiger partial charge in [-0.15, -0.1) is 10.2 Å². The Labute approximate surface area is 179 Å². The van der Waals surface area contributed by atoms with E-state index in [0.29, 0.717) is 17.1 Å². The second kappa shape index (κ2) is 8.44. The molecule has 0 aliphatic rings. The number of hydrogen-bond donors (Lipinski definition) is 1. The molecular weight excluding hydrogens is 418 g/mol. The van der Waals surface area contributed by atoms with E-state index in [0.717, 1.165) is 23.8 Å². The molecule has 0 unspecified atom stereocenters. The van der Waals surface area contributed by atoms with Crippen molar-refractivity contribution < 1.29 is 19.1 Å². The fraction of sp³-hybridized carbons (Fsp3) is 0. The van der Waals surface area contributed by atoms with Gasteiger partial charge in [0.25, 0.3) is 17.3 Å². The Morgan fingerprint density at radius 2 is 1.44 bits per heavy atom. The maximum Gasteiger partial charge on any atom is 0.289 e. The Morgan fingerprint density at radius 1 is 0.812 bits per heavy atom. The van der Waals surface area contributed by atoms with Crippen LogP contribution in [0.2, 0.25) is 0 Å². The number of amides is 1. The third kappa shape index (κ3) is 4.16. The fourth-order valence-electron chi connectivity index (χ4n) is 2.91. The highest BCUT2D eigenvalue weighted by atomic mass is 16.6. The third-order valence-corrected chi connectivity index (χ3v) is 4.47. The average molecular weight is 431 g/mol. The molecule has 0 spiro atoms. The number of nitrogens with one attached hydrogen (secondary N) is 1. The van der Waals surface area contributed by atoms with Gasteiger partial charge in [0.2, 0.25) is 11.8 Å². The van der Waals surface area contributed by atoms with E-state index in [-0.39, 0.29) is 11.5 Å². The molecule has 4 rings (SSSR count). The Kier molecular flexibility index (Phi) is 5.36. The first-order valence-electron chi connectivity index (χ1n) is 9.16. The average Bonchev–Trinajstić information content (AvgIpc) is 3.30. The SMILES string of the molecule is O=C(Nc1ccc(-c2nnc(-c3ccccc3)o2)cc1)c1ccc([N+](=O)[O-])cc1[N+](=O)[O-]. The van der Waals surface area contributed by atoms with Crippen LogP contribution in [-0.2, 0) is 0 Å². The molecule has 0 aliphatic heterocycles. The van der Waals surface area contributed by atoms with E-state index in [9.17, 15) is 25.0 Å². The lowest BCUT2D eigenvalue weighted by molar-refractivity contribution is -0.394. The quantitative estimate of drug-likeness (QED) is 0.346. The summed E-state index contributed by atoms with van der Waals surface area (Å²) in [6.45, 7) is 0. The molecule has 0 radical (unpaired) electrons. The van der Waals surface area contributed by atoms with Gasteiger partial charge in [-0.25, -0.2) is 0 Å². The van der Waals surface area contributed by atoms with Crippen LogP contribution in [-0.4, -0.2) is 26.0 Å². The zero-order valence-electron chi connectivity index (χ0n) is 16.2. The number of anilines is 1. The van der Waals surface area contributed by atoms with Gasteiger partial charge in [0.15, 0.2) is 0 Å². The van der Waals surface area contributed by atoms with Crippen LogP contribution in [0.3, 0.4) is 0 Å². The summed E-state index contributed by atoms with van der Waals surface area (Å²) in [4.78, 5) is 33.0. The summed E-state index contributed by atoms with van der Waals surface area (Å²) < 4.78 is 5.68. The summed E-state index contributed by atoms with van der Waals surface area (Å²) in [6, 6.07) is 18.5. The Hall–Kier alpha value is -4.93. The predicted molar refractivity (Wildman–Crippen MR) is 113 cm³/mol. The third-order valence-electron chi connectivity index (χ3n) is 4.47. The maximum atomic E-state index is 12.5. The van der Waals surface area contributed by atoms with E-state index in [1.54, 1.807) is 24.3 Å². The van der Waals surface area contributed by atoms with Gasteiger partial charge in [0, 0.05) is 22.9 Å². The second-order valence-electron chi connectivity index (χ2n) is 6.53. The van der Waals surface area contributed by atoms with Crippen molar-refractivity contribution in [3.8, 4) is 22.9 Å². The number of non-ortho nitro benzene ring substituents is 1. The molecule has 11 heteroatoms. The van der Waals surface area contributed by atoms with Crippen molar-refractivity contribution in [2.75, 3.05) is 5.32 Å². The van der Waals surface area contributed by atoms with Gasteiger partial charge in [0.1, 0.15) is 5.56 Å². The zero-order chi connectivity index (χ0) is 22.7. The molecular formula is C21H13N5O6. The Morgan fingerprint density at radius 3 is 2.03 bits per heavy atom. The van der Waals surface area contributed by atoms with E-state index in [2.05, 4.69) is 15.5 Å². The van der Waals surface area contributed by atoms with E-state index >= 15 is 0 Å². The molecule has 3 aromatic carbocycles. The highest BCUT2D eigenvalue weighted by Gasteiger charge is 2.24. The molecule has 1 amide bonds. The topological polar surface area (TPSA) is 154 Å². The monoisotopic (exact) mass is 431 g/mol. The standard InChI is InChI=1S/C21H13N5O6/c27-19(17-11-10-16(25(28)29)12-18(17)26(30)31)22-15-8-6-14(7-9-15)21-24-23-20(32-21)13-4-2-1-3-5-13/h1-12H,(H,22,27). The molecule has 158 valence electrons. The van der Waals surface area contributed by atoms with Crippen LogP contribution in [0.1, 0.15) is 10.4 Å². The number of rotatable bonds is 6. The Balaban J connectivity index is 1.52. The summed E-state index contributed by atoms with van der Waals surface area (Å²) in [7, 11) is 0. The van der Waals surface area contributed by atoms with Gasteiger partial charge in [-0.3, -0.25) is 25.0 Å². The molecule has 0 saturated heterocycles. The van der Waals surface area contributed by atoms with Crippen LogP contribution in [0, 0.1) is 20.2 Å². The lowest BCUT2D eigenvalue weighted by Crippen LogP contribution is -2.14. The van der Waals surface area contributed by atoms with Crippen molar-refractivity contribution in [2.45, 2.75) is 0 Å². The largest absolute Gasteiger partial charge is 0.416 e. The van der Waals surface area contributed by atoms with Gasteiger partial charge < -0.3 is 9.73 Å². The van der Waals surface area contributed by atoms with Crippen molar-refractivity contribution in [1.82, 2.24) is 10.2 Å². The highest BCUT2D eigenvalue weighted by molar-refractivity contribution is 6.07. The summed E-state index contributed by atoms with van der Waals surface area (Å²) >= 11 is 0. The number of nitro groups is 2. The second-order valence-corrected chi connectivity index (χ2v) is 6.53. The number of nitro benzene ring substituents is 2. The maximum absolute atomic E-state index is 12.5. The van der Waals surface area contributed by atoms with Crippen LogP contribution < -0.4 is 5.32 Å². The van der Waals surface area contributed by atoms with Crippen molar-refractivity contribution in [2.24, 2.45) is 0 Å². The highest BCUT2D eigenvalue weighted by Crippen LogP contribution is 2.27. The lowest BCUT2D eigenvalue weighted by Gasteiger charge is -2.06. The zero-order valence-corrected chi connectivity index (χ0v) is 16.2. The summed E-state index contributed by atoms with van der Waals surface area (Å²) in [5.41, 5.74) is 0.307. The van der Waals surface area contributed by atoms with E-state index in [1.807, 2.05) is 30.3 Å². The molecule has 0 saturated carbocycles. The minimum Gasteiger partial charge on any atom is -0.416 e.